The lowest BCUT2D eigenvalue weighted by Gasteiger charge is -2.40. The van der Waals surface area contributed by atoms with Crippen molar-refractivity contribution >= 4 is 15.0 Å². The van der Waals surface area contributed by atoms with Crippen LogP contribution in [0.25, 0.3) is 0 Å². The molecule has 0 unspecified atom stereocenters. The Morgan fingerprint density at radius 2 is 1.15 bits per heavy atom. The molecule has 0 fully saturated rings. The lowest BCUT2D eigenvalue weighted by atomic mass is 10.1. The Kier molecular flexibility index (Phi) is 10.6. The molecule has 0 aliphatic carbocycles. The van der Waals surface area contributed by atoms with E-state index in [0.29, 0.717) is 12.3 Å². The molecule has 0 saturated carbocycles. The van der Waals surface area contributed by atoms with Gasteiger partial charge in [0.25, 0.3) is 0 Å². The number of hydrogen-bond donors (Lipinski definition) is 1. The Morgan fingerprint density at radius 1 is 0.846 bits per heavy atom. The average Bonchev–Trinajstić information content (AvgIpc) is 2.18. The first-order chi connectivity index (χ1) is 10.8. The van der Waals surface area contributed by atoms with E-state index in [1.807, 2.05) is 76.2 Å². The lowest BCUT2D eigenvalue weighted by Crippen LogP contribution is -3.00. The zero-order chi connectivity index (χ0) is 20.3. The highest BCUT2D eigenvalue weighted by Crippen LogP contribution is 2.30. The second kappa shape index (κ2) is 9.84. The van der Waals surface area contributed by atoms with Gasteiger partial charge in [-0.05, 0) is 68.2 Å². The predicted molar refractivity (Wildman–Crippen MR) is 100 cm³/mol. The summed E-state index contributed by atoms with van der Waals surface area (Å²) in [5.74, 6) is -0.111. The van der Waals surface area contributed by atoms with E-state index >= 15 is 0 Å². The van der Waals surface area contributed by atoms with Crippen LogP contribution in [0, 0.1) is 5.92 Å². The lowest BCUT2D eigenvalue weighted by molar-refractivity contribution is -0.410. The molecule has 0 rings (SSSR count). The molecular weight excluding hydrogens is 374 g/mol. The van der Waals surface area contributed by atoms with Crippen molar-refractivity contribution in [1.82, 2.24) is 0 Å². The Labute approximate surface area is 167 Å². The maximum Gasteiger partial charge on any atom is 0.753 e. The van der Waals surface area contributed by atoms with Crippen LogP contribution in [0.2, 0.25) is 0 Å². The standard InChI is InChI=1S/C18H39NO5Si.ClH/c1-13(2)12-14(19)15(20)21-25(22-16(3,4)5,23-17(6,7)8)24-18(9,10)11;/h13-14H,12,19H2,1-11H3;1H/t14-;/m0./s1. The van der Waals surface area contributed by atoms with Crippen molar-refractivity contribution in [2.24, 2.45) is 5.92 Å². The molecule has 0 radical (unpaired) electrons. The maximum absolute atomic E-state index is 12.7. The summed E-state index contributed by atoms with van der Waals surface area (Å²) in [6, 6.07) is -0.498. The molecule has 8 heteroatoms. The van der Waals surface area contributed by atoms with Gasteiger partial charge in [0.05, 0.1) is 16.8 Å². The summed E-state index contributed by atoms with van der Waals surface area (Å²) in [4.78, 5) is 12.7. The molecule has 6 nitrogen and oxygen atoms in total. The SMILES string of the molecule is CC(C)C[C@H]([NH3+])C(=O)O[Si](OC(C)(C)C)(OC(C)(C)C)OC(C)(C)C.[Cl-]. The van der Waals surface area contributed by atoms with E-state index in [4.69, 9.17) is 17.7 Å². The zero-order valence-electron chi connectivity index (χ0n) is 18.5. The van der Waals surface area contributed by atoms with Gasteiger partial charge in [-0.1, -0.05) is 13.8 Å². The summed E-state index contributed by atoms with van der Waals surface area (Å²) in [7, 11) is -3.77. The molecule has 26 heavy (non-hydrogen) atoms. The largest absolute Gasteiger partial charge is 1.00 e. The van der Waals surface area contributed by atoms with Crippen molar-refractivity contribution < 1.29 is 40.6 Å². The first-order valence-electron chi connectivity index (χ1n) is 9.01. The number of carbonyl (C=O) groups is 1. The smallest absolute Gasteiger partial charge is 0.753 e. The molecule has 158 valence electrons. The minimum Gasteiger partial charge on any atom is -1.00 e. The molecule has 0 bridgehead atoms. The van der Waals surface area contributed by atoms with Crippen LogP contribution in [0.3, 0.4) is 0 Å². The van der Waals surface area contributed by atoms with Crippen molar-refractivity contribution in [1.29, 1.82) is 0 Å². The van der Waals surface area contributed by atoms with Crippen molar-refractivity contribution in [3.8, 4) is 0 Å². The molecule has 0 aliphatic heterocycles. The van der Waals surface area contributed by atoms with Gasteiger partial charge in [0.1, 0.15) is 0 Å². The van der Waals surface area contributed by atoms with E-state index in [0.717, 1.165) is 0 Å². The van der Waals surface area contributed by atoms with E-state index in [-0.39, 0.29) is 12.4 Å². The molecule has 0 spiro atoms. The fourth-order valence-corrected chi connectivity index (χ4v) is 5.03. The summed E-state index contributed by atoms with van der Waals surface area (Å²) in [5.41, 5.74) is 2.13. The van der Waals surface area contributed by atoms with E-state index in [9.17, 15) is 4.79 Å². The van der Waals surface area contributed by atoms with Gasteiger partial charge in [-0.2, -0.15) is 0 Å². The number of hydrogen-bond acceptors (Lipinski definition) is 5. The summed E-state index contributed by atoms with van der Waals surface area (Å²) < 4.78 is 24.2. The molecule has 0 saturated heterocycles. The van der Waals surface area contributed by atoms with Crippen LogP contribution in [0.15, 0.2) is 0 Å². The van der Waals surface area contributed by atoms with Crippen LogP contribution in [-0.4, -0.2) is 37.9 Å². The van der Waals surface area contributed by atoms with Gasteiger partial charge in [0.15, 0.2) is 6.04 Å². The van der Waals surface area contributed by atoms with Crippen LogP contribution in [-0.2, 0) is 22.5 Å². The number of halogens is 1. The first kappa shape index (κ1) is 28.0. The Hall–Kier alpha value is -0.183. The highest BCUT2D eigenvalue weighted by molar-refractivity contribution is 6.56. The summed E-state index contributed by atoms with van der Waals surface area (Å²) in [5, 5.41) is 0. The minimum atomic E-state index is -3.77. The fourth-order valence-electron chi connectivity index (χ4n) is 2.12. The second-order valence-electron chi connectivity index (χ2n) is 9.89. The van der Waals surface area contributed by atoms with Gasteiger partial charge in [-0.15, -0.1) is 0 Å². The minimum absolute atomic E-state index is 0. The summed E-state index contributed by atoms with van der Waals surface area (Å²) >= 11 is 0. The third-order valence-corrected chi connectivity index (χ3v) is 5.65. The van der Waals surface area contributed by atoms with Crippen LogP contribution >= 0.6 is 0 Å². The van der Waals surface area contributed by atoms with Gasteiger partial charge in [-0.3, -0.25) is 0 Å². The monoisotopic (exact) mass is 413 g/mol. The fraction of sp³-hybridized carbons (Fsp3) is 0.944. The third-order valence-electron chi connectivity index (χ3n) is 2.61. The maximum atomic E-state index is 12.7. The van der Waals surface area contributed by atoms with Crippen LogP contribution in [0.4, 0.5) is 0 Å². The number of rotatable bonds is 7. The Balaban J connectivity index is 0. The number of carbonyl (C=O) groups excluding carboxylic acids is 1. The average molecular weight is 414 g/mol. The first-order valence-corrected chi connectivity index (χ1v) is 10.6. The van der Waals surface area contributed by atoms with E-state index < -0.39 is 37.9 Å². The van der Waals surface area contributed by atoms with Gasteiger partial charge in [0.2, 0.25) is 0 Å². The highest BCUT2D eigenvalue weighted by atomic mass is 35.5. The van der Waals surface area contributed by atoms with Crippen molar-refractivity contribution in [2.75, 3.05) is 0 Å². The molecular formula is C18H40ClNO5Si. The normalized spacial score (nSPS) is 14.8. The molecule has 0 aromatic carbocycles. The Morgan fingerprint density at radius 3 is 1.38 bits per heavy atom. The van der Waals surface area contributed by atoms with E-state index in [1.54, 1.807) is 0 Å². The van der Waals surface area contributed by atoms with E-state index in [1.165, 1.54) is 0 Å². The number of quaternary nitrogens is 1. The van der Waals surface area contributed by atoms with E-state index in [2.05, 4.69) is 5.73 Å². The van der Waals surface area contributed by atoms with Crippen LogP contribution in [0.5, 0.6) is 0 Å². The zero-order valence-corrected chi connectivity index (χ0v) is 20.2. The van der Waals surface area contributed by atoms with Crippen molar-refractivity contribution in [3.63, 3.8) is 0 Å². The summed E-state index contributed by atoms with van der Waals surface area (Å²) in [6.07, 6.45) is 0.629. The molecule has 0 amide bonds. The molecule has 0 heterocycles. The molecule has 0 aliphatic rings. The van der Waals surface area contributed by atoms with Crippen LogP contribution < -0.4 is 18.1 Å². The van der Waals surface area contributed by atoms with Gasteiger partial charge >= 0.3 is 15.0 Å². The van der Waals surface area contributed by atoms with Gasteiger partial charge < -0.3 is 35.8 Å². The van der Waals surface area contributed by atoms with Crippen molar-refractivity contribution in [2.45, 2.75) is 105 Å². The molecule has 3 N–H and O–H groups in total. The topological polar surface area (TPSA) is 81.6 Å². The van der Waals surface area contributed by atoms with Gasteiger partial charge in [-0.25, -0.2) is 4.79 Å². The third kappa shape index (κ3) is 13.1. The van der Waals surface area contributed by atoms with Crippen LogP contribution in [0.1, 0.15) is 82.6 Å². The second-order valence-corrected chi connectivity index (χ2v) is 11.7. The molecule has 0 aromatic rings. The predicted octanol–water partition coefficient (Wildman–Crippen LogP) is 0.0711. The highest BCUT2D eigenvalue weighted by Gasteiger charge is 2.58. The Bertz CT molecular complexity index is 398. The molecule has 0 aromatic heterocycles. The summed E-state index contributed by atoms with van der Waals surface area (Å²) in [6.45, 7) is 21.0. The van der Waals surface area contributed by atoms with Crippen molar-refractivity contribution in [3.05, 3.63) is 0 Å². The quantitative estimate of drug-likeness (QED) is 0.597. The molecule has 1 atom stereocenters. The van der Waals surface area contributed by atoms with Gasteiger partial charge in [0, 0.05) is 6.42 Å².